The van der Waals surface area contributed by atoms with Gasteiger partial charge in [-0.3, -0.25) is 9.59 Å². The lowest BCUT2D eigenvalue weighted by molar-refractivity contribution is -0.197. The van der Waals surface area contributed by atoms with Gasteiger partial charge in [0.05, 0.1) is 0 Å². The minimum atomic E-state index is -1.61. The van der Waals surface area contributed by atoms with E-state index in [0.29, 0.717) is 0 Å². The number of fused-ring (bicyclic) bond motifs is 1. The number of aromatic hydroxyl groups is 1. The van der Waals surface area contributed by atoms with Gasteiger partial charge in [0.15, 0.2) is 0 Å². The van der Waals surface area contributed by atoms with Crippen LogP contribution in [0.25, 0.3) is 0 Å². The second-order valence-electron chi connectivity index (χ2n) is 6.47. The van der Waals surface area contributed by atoms with Crippen LogP contribution in [0.15, 0.2) is 24.3 Å². The molecule has 2 heterocycles. The van der Waals surface area contributed by atoms with Crippen molar-refractivity contribution in [3.8, 4) is 5.75 Å². The number of β-lactam (4-membered cyclic amide) rings is 1. The first-order chi connectivity index (χ1) is 11.6. The highest BCUT2D eigenvalue weighted by molar-refractivity contribution is 8.01. The molecule has 0 saturated carbocycles. The zero-order valence-electron chi connectivity index (χ0n) is 13.8. The number of aliphatic carboxylic acids is 1. The molecule has 1 unspecified atom stereocenters. The summed E-state index contributed by atoms with van der Waals surface area (Å²) in [6, 6.07) is 4.55. The van der Waals surface area contributed by atoms with E-state index in [1.165, 1.54) is 48.0 Å². The third kappa shape index (κ3) is 2.46. The molecule has 0 aromatic heterocycles. The third-order valence-corrected chi connectivity index (χ3v) is 6.10. The van der Waals surface area contributed by atoms with Gasteiger partial charge in [0, 0.05) is 17.4 Å². The quantitative estimate of drug-likeness (QED) is 0.528. The molecule has 1 aromatic carbocycles. The van der Waals surface area contributed by atoms with E-state index < -0.39 is 39.7 Å². The Kier molecular flexibility index (Phi) is 3.96. The van der Waals surface area contributed by atoms with Gasteiger partial charge < -0.3 is 25.2 Å². The van der Waals surface area contributed by atoms with Crippen molar-refractivity contribution in [2.24, 2.45) is 0 Å². The van der Waals surface area contributed by atoms with Crippen molar-refractivity contribution in [2.75, 3.05) is 7.11 Å². The lowest BCUT2D eigenvalue weighted by Gasteiger charge is -2.51. The highest BCUT2D eigenvalue weighted by atomic mass is 32.2. The molecule has 2 amide bonds. The van der Waals surface area contributed by atoms with Crippen molar-refractivity contribution in [3.05, 3.63) is 29.8 Å². The molecule has 2 saturated heterocycles. The molecule has 3 rings (SSSR count). The predicted octanol–water partition coefficient (Wildman–Crippen LogP) is 0.612. The fraction of sp³-hybridized carbons (Fsp3) is 0.438. The first-order valence-corrected chi connectivity index (χ1v) is 8.42. The number of carbonyl (C=O) groups excluding carboxylic acids is 2. The summed E-state index contributed by atoms with van der Waals surface area (Å²) in [6.45, 7) is 3.48. The van der Waals surface area contributed by atoms with E-state index >= 15 is 0 Å². The molecular weight excluding hydrogens is 348 g/mol. The van der Waals surface area contributed by atoms with E-state index in [4.69, 9.17) is 4.74 Å². The minimum Gasteiger partial charge on any atom is -0.508 e. The average Bonchev–Trinajstić information content (AvgIpc) is 2.82. The van der Waals surface area contributed by atoms with E-state index in [1.807, 2.05) is 0 Å². The molecule has 0 bridgehead atoms. The summed E-state index contributed by atoms with van der Waals surface area (Å²) in [7, 11) is 1.30. The van der Waals surface area contributed by atoms with Gasteiger partial charge in [-0.05, 0) is 38.1 Å². The minimum absolute atomic E-state index is 0.0151. The molecule has 1 aromatic rings. The average molecular weight is 366 g/mol. The number of benzene rings is 1. The highest BCUT2D eigenvalue weighted by Gasteiger charge is 2.73. The third-order valence-electron chi connectivity index (χ3n) is 4.49. The number of carboxylic acid groups (broad SMARTS) is 1. The number of phenols is 1. The molecule has 2 aliphatic heterocycles. The van der Waals surface area contributed by atoms with Gasteiger partial charge in [-0.25, -0.2) is 4.79 Å². The predicted molar refractivity (Wildman–Crippen MR) is 89.0 cm³/mol. The number of carbonyl (C=O) groups is 3. The van der Waals surface area contributed by atoms with Crippen LogP contribution in [0.2, 0.25) is 0 Å². The number of ether oxygens (including phenoxy) is 1. The summed E-state index contributed by atoms with van der Waals surface area (Å²) in [5, 5.41) is 20.7. The maximum atomic E-state index is 12.7. The number of methoxy groups -OCH3 is 1. The van der Waals surface area contributed by atoms with Crippen molar-refractivity contribution in [2.45, 2.75) is 35.7 Å². The van der Waals surface area contributed by atoms with Gasteiger partial charge in [-0.15, -0.1) is 11.8 Å². The van der Waals surface area contributed by atoms with Gasteiger partial charge in [-0.2, -0.15) is 0 Å². The number of amides is 2. The van der Waals surface area contributed by atoms with Crippen LogP contribution < -0.4 is 5.32 Å². The smallest absolute Gasteiger partial charge is 0.327 e. The number of hydrogen-bond donors (Lipinski definition) is 3. The lowest BCUT2D eigenvalue weighted by Crippen LogP contribution is -2.80. The Bertz CT molecular complexity index is 749. The second-order valence-corrected chi connectivity index (χ2v) is 8.20. The van der Waals surface area contributed by atoms with Crippen molar-refractivity contribution in [1.29, 1.82) is 0 Å². The SMILES string of the molecule is COC1(NC(=O)c2ccc(O)cc2)C(=O)N2[C@@H](C(=O)O)C(C)(C)S[C@@H]21. The highest BCUT2D eigenvalue weighted by Crippen LogP contribution is 2.55. The Labute approximate surface area is 148 Å². The Morgan fingerprint density at radius 3 is 2.40 bits per heavy atom. The fourth-order valence-corrected chi connectivity index (χ4v) is 4.91. The van der Waals surface area contributed by atoms with Crippen LogP contribution in [-0.2, 0) is 14.3 Å². The number of hydrogen-bond acceptors (Lipinski definition) is 6. The Morgan fingerprint density at radius 1 is 1.28 bits per heavy atom. The fourth-order valence-electron chi connectivity index (χ4n) is 3.24. The molecule has 2 fully saturated rings. The van der Waals surface area contributed by atoms with Gasteiger partial charge in [0.2, 0.25) is 0 Å². The number of rotatable bonds is 4. The number of nitrogens with zero attached hydrogens (tertiary/aromatic N) is 1. The monoisotopic (exact) mass is 366 g/mol. The molecule has 3 atom stereocenters. The normalized spacial score (nSPS) is 29.7. The maximum absolute atomic E-state index is 12.7. The topological polar surface area (TPSA) is 116 Å². The molecule has 2 aliphatic rings. The van der Waals surface area contributed by atoms with Gasteiger partial charge in [0.25, 0.3) is 17.5 Å². The molecule has 3 N–H and O–H groups in total. The van der Waals surface area contributed by atoms with Crippen LogP contribution in [0.4, 0.5) is 0 Å². The summed E-state index contributed by atoms with van der Waals surface area (Å²) >= 11 is 1.27. The summed E-state index contributed by atoms with van der Waals surface area (Å²) in [5.74, 6) is -2.21. The van der Waals surface area contributed by atoms with E-state index in [2.05, 4.69) is 5.32 Å². The van der Waals surface area contributed by atoms with Crippen LogP contribution in [0.3, 0.4) is 0 Å². The van der Waals surface area contributed by atoms with E-state index in [1.54, 1.807) is 13.8 Å². The van der Waals surface area contributed by atoms with Crippen molar-refractivity contribution in [1.82, 2.24) is 10.2 Å². The molecule has 25 heavy (non-hydrogen) atoms. The molecule has 0 aliphatic carbocycles. The molecule has 0 spiro atoms. The Morgan fingerprint density at radius 2 is 1.88 bits per heavy atom. The van der Waals surface area contributed by atoms with Crippen LogP contribution in [0.1, 0.15) is 24.2 Å². The van der Waals surface area contributed by atoms with Gasteiger partial charge >= 0.3 is 5.97 Å². The van der Waals surface area contributed by atoms with Crippen molar-refractivity contribution >= 4 is 29.5 Å². The molecular formula is C16H18N2O6S. The lowest BCUT2D eigenvalue weighted by atomic mass is 9.93. The second kappa shape index (κ2) is 5.63. The standard InChI is InChI=1S/C16H18N2O6S/c1-15(2)10(12(21)22)18-13(23)16(24-3,14(18)25-15)17-11(20)8-4-6-9(19)7-5-8/h4-7,10,14,19H,1-3H3,(H,17,20)(H,21,22)/t10-,14+,16?/m0/s1. The largest absolute Gasteiger partial charge is 0.508 e. The van der Waals surface area contributed by atoms with Crippen molar-refractivity contribution < 1.29 is 29.3 Å². The van der Waals surface area contributed by atoms with Crippen LogP contribution in [-0.4, -0.2) is 61.9 Å². The Balaban J connectivity index is 1.88. The molecule has 9 heteroatoms. The molecule has 134 valence electrons. The van der Waals surface area contributed by atoms with E-state index in [0.717, 1.165) is 0 Å². The Hall–Kier alpha value is -2.26. The van der Waals surface area contributed by atoms with Crippen LogP contribution in [0.5, 0.6) is 5.75 Å². The van der Waals surface area contributed by atoms with Crippen LogP contribution >= 0.6 is 11.8 Å². The molecule has 8 nitrogen and oxygen atoms in total. The first kappa shape index (κ1) is 17.6. The van der Waals surface area contributed by atoms with Gasteiger partial charge in [-0.1, -0.05) is 0 Å². The number of thioether (sulfide) groups is 1. The summed E-state index contributed by atoms with van der Waals surface area (Å²) in [5.41, 5.74) is -1.36. The van der Waals surface area contributed by atoms with Crippen molar-refractivity contribution in [3.63, 3.8) is 0 Å². The first-order valence-electron chi connectivity index (χ1n) is 7.54. The van der Waals surface area contributed by atoms with Crippen LogP contribution in [0, 0.1) is 0 Å². The van der Waals surface area contributed by atoms with Gasteiger partial charge in [0.1, 0.15) is 17.2 Å². The number of phenolic OH excluding ortho intramolecular Hbond substituents is 1. The number of nitrogens with one attached hydrogen (secondary N) is 1. The zero-order chi connectivity index (χ0) is 18.6. The summed E-state index contributed by atoms with van der Waals surface area (Å²) in [6.07, 6.45) is 0. The summed E-state index contributed by atoms with van der Waals surface area (Å²) < 4.78 is 4.62. The number of carboxylic acids is 1. The van der Waals surface area contributed by atoms with E-state index in [-0.39, 0.29) is 11.3 Å². The summed E-state index contributed by atoms with van der Waals surface area (Å²) in [4.78, 5) is 38.0. The molecule has 0 radical (unpaired) electrons. The van der Waals surface area contributed by atoms with E-state index in [9.17, 15) is 24.6 Å². The zero-order valence-corrected chi connectivity index (χ0v) is 14.7. The maximum Gasteiger partial charge on any atom is 0.327 e.